The number of imide groups is 1. The maximum Gasteiger partial charge on any atom is 0.257 e. The van der Waals surface area contributed by atoms with E-state index < -0.39 is 11.9 Å². The minimum Gasteiger partial charge on any atom is -0.493 e. The van der Waals surface area contributed by atoms with Crippen molar-refractivity contribution in [2.75, 3.05) is 4.90 Å². The van der Waals surface area contributed by atoms with Gasteiger partial charge in [-0.05, 0) is 48.6 Å². The highest BCUT2D eigenvalue weighted by molar-refractivity contribution is 7.73. The molecule has 3 heterocycles. The normalized spacial score (nSPS) is 18.9. The highest BCUT2D eigenvalue weighted by Gasteiger charge is 2.42. The lowest BCUT2D eigenvalue weighted by atomic mass is 10.1. The van der Waals surface area contributed by atoms with Crippen molar-refractivity contribution in [3.05, 3.63) is 67.9 Å². The lowest BCUT2D eigenvalue weighted by molar-refractivity contribution is -0.122. The number of hydrogen-bond donors (Lipinski definition) is 1. The quantitative estimate of drug-likeness (QED) is 0.413. The molecule has 0 bridgehead atoms. The van der Waals surface area contributed by atoms with Crippen molar-refractivity contribution < 1.29 is 14.7 Å². The number of para-hydroxylation sites is 1. The number of allylic oxidation sites excluding steroid dienone is 1. The molecule has 2 aliphatic rings. The molecule has 5 rings (SSSR count). The maximum atomic E-state index is 13.1. The second kappa shape index (κ2) is 7.56. The summed E-state index contributed by atoms with van der Waals surface area (Å²) >= 11 is 12.5. The zero-order valence-corrected chi connectivity index (χ0v) is 18.2. The van der Waals surface area contributed by atoms with E-state index in [1.165, 1.54) is 15.9 Å². The van der Waals surface area contributed by atoms with Gasteiger partial charge >= 0.3 is 0 Å². The monoisotopic (exact) mass is 467 g/mol. The van der Waals surface area contributed by atoms with E-state index in [-0.39, 0.29) is 18.2 Å². The Hall–Kier alpha value is -3.07. The van der Waals surface area contributed by atoms with Crippen molar-refractivity contribution >= 4 is 76.2 Å². The summed E-state index contributed by atoms with van der Waals surface area (Å²) in [6, 6.07) is 13.2. The number of benzene rings is 2. The third-order valence-electron chi connectivity index (χ3n) is 5.21. The van der Waals surface area contributed by atoms with Crippen molar-refractivity contribution in [1.82, 2.24) is 4.57 Å². The van der Waals surface area contributed by atoms with Crippen molar-refractivity contribution in [3.63, 3.8) is 0 Å². The van der Waals surface area contributed by atoms with Gasteiger partial charge in [-0.25, -0.2) is 4.90 Å². The smallest absolute Gasteiger partial charge is 0.257 e. The van der Waals surface area contributed by atoms with Gasteiger partial charge in [0, 0.05) is 22.4 Å². The van der Waals surface area contributed by atoms with Crippen LogP contribution >= 0.6 is 35.2 Å². The number of halogens is 1. The fraction of sp³-hybridized carbons (Fsp3) is 0.0909. The highest BCUT2D eigenvalue weighted by Crippen LogP contribution is 2.39. The van der Waals surface area contributed by atoms with Gasteiger partial charge in [0.25, 0.3) is 5.91 Å². The van der Waals surface area contributed by atoms with Crippen LogP contribution in [0.1, 0.15) is 22.9 Å². The minimum atomic E-state index is -0.899. The summed E-state index contributed by atoms with van der Waals surface area (Å²) < 4.78 is 1.68. The first kappa shape index (κ1) is 19.9. The molecular formula is C22H14ClN3O3S2. The van der Waals surface area contributed by atoms with Crippen molar-refractivity contribution in [2.45, 2.75) is 12.5 Å². The predicted molar refractivity (Wildman–Crippen MR) is 125 cm³/mol. The average molecular weight is 468 g/mol. The zero-order valence-electron chi connectivity index (χ0n) is 15.9. The van der Waals surface area contributed by atoms with E-state index in [1.54, 1.807) is 36.6 Å². The molecule has 2 amide bonds. The Labute approximate surface area is 191 Å². The lowest BCUT2D eigenvalue weighted by Gasteiger charge is -2.16. The van der Waals surface area contributed by atoms with E-state index in [0.29, 0.717) is 19.5 Å². The predicted octanol–water partition coefficient (Wildman–Crippen LogP) is 5.40. The number of aliphatic imine (C=N–C) groups is 1. The van der Waals surface area contributed by atoms with Gasteiger partial charge in [0.2, 0.25) is 11.8 Å². The number of amides is 2. The van der Waals surface area contributed by atoms with Crippen LogP contribution in [0.5, 0.6) is 5.88 Å². The molecule has 2 aromatic carbocycles. The Bertz CT molecular complexity index is 1360. The van der Waals surface area contributed by atoms with E-state index in [0.717, 1.165) is 21.7 Å². The number of aromatic nitrogens is 1. The molecule has 3 aromatic rings. The Morgan fingerprint density at radius 1 is 1.16 bits per heavy atom. The zero-order chi connectivity index (χ0) is 21.7. The molecule has 1 atom stereocenters. The number of rotatable bonds is 3. The van der Waals surface area contributed by atoms with Gasteiger partial charge in [0.05, 0.1) is 22.7 Å². The number of fused-ring (bicyclic) bond motifs is 1. The fourth-order valence-electron chi connectivity index (χ4n) is 3.74. The van der Waals surface area contributed by atoms with Crippen LogP contribution in [0, 0.1) is 3.95 Å². The molecule has 2 aliphatic heterocycles. The highest BCUT2D eigenvalue weighted by atomic mass is 35.5. The van der Waals surface area contributed by atoms with Crippen LogP contribution < -0.4 is 4.90 Å². The van der Waals surface area contributed by atoms with Crippen LogP contribution in [-0.2, 0) is 9.59 Å². The number of thiazole rings is 1. The van der Waals surface area contributed by atoms with E-state index in [2.05, 4.69) is 4.99 Å². The van der Waals surface area contributed by atoms with E-state index in [9.17, 15) is 14.7 Å². The molecule has 0 radical (unpaired) electrons. The van der Waals surface area contributed by atoms with Gasteiger partial charge in [0.1, 0.15) is 6.04 Å². The van der Waals surface area contributed by atoms with Gasteiger partial charge < -0.3 is 5.11 Å². The first-order valence-corrected chi connectivity index (χ1v) is 11.0. The summed E-state index contributed by atoms with van der Waals surface area (Å²) in [5, 5.41) is 11.4. The van der Waals surface area contributed by atoms with Gasteiger partial charge in [0.15, 0.2) is 3.95 Å². The SMILES string of the molecule is O=C1C[C@H](n2c(O)c(C=C3C=Nc4ccccc43)sc2=S)C(=O)N1c1ccc(Cl)cc1. The van der Waals surface area contributed by atoms with Crippen LogP contribution in [0.3, 0.4) is 0 Å². The molecule has 6 nitrogen and oxygen atoms in total. The first-order chi connectivity index (χ1) is 14.9. The maximum absolute atomic E-state index is 13.1. The fourth-order valence-corrected chi connectivity index (χ4v) is 5.22. The summed E-state index contributed by atoms with van der Waals surface area (Å²) in [5.74, 6) is -0.936. The largest absolute Gasteiger partial charge is 0.493 e. The molecule has 0 saturated carbocycles. The third kappa shape index (κ3) is 3.33. The topological polar surface area (TPSA) is 74.9 Å². The molecule has 1 aromatic heterocycles. The second-order valence-electron chi connectivity index (χ2n) is 7.06. The number of carbonyl (C=O) groups is 2. The Morgan fingerprint density at radius 3 is 2.68 bits per heavy atom. The molecule has 0 aliphatic carbocycles. The van der Waals surface area contributed by atoms with E-state index in [1.807, 2.05) is 24.3 Å². The van der Waals surface area contributed by atoms with E-state index >= 15 is 0 Å². The first-order valence-electron chi connectivity index (χ1n) is 9.36. The average Bonchev–Trinajstić information content (AvgIpc) is 3.38. The molecule has 9 heteroatoms. The van der Waals surface area contributed by atoms with Crippen molar-refractivity contribution in [2.24, 2.45) is 4.99 Å². The summed E-state index contributed by atoms with van der Waals surface area (Å²) in [6.45, 7) is 0. The summed E-state index contributed by atoms with van der Waals surface area (Å²) in [5.41, 5.74) is 3.08. The molecule has 1 N–H and O–H groups in total. The lowest BCUT2D eigenvalue weighted by Crippen LogP contribution is -2.31. The van der Waals surface area contributed by atoms with Gasteiger partial charge in [-0.1, -0.05) is 29.8 Å². The van der Waals surface area contributed by atoms with Crippen molar-refractivity contribution in [3.8, 4) is 5.88 Å². The Kier molecular flexibility index (Phi) is 4.85. The van der Waals surface area contributed by atoms with Crippen LogP contribution in [0.4, 0.5) is 11.4 Å². The van der Waals surface area contributed by atoms with Crippen LogP contribution in [0.15, 0.2) is 53.5 Å². The Balaban J connectivity index is 1.51. The molecule has 0 spiro atoms. The van der Waals surface area contributed by atoms with E-state index in [4.69, 9.17) is 23.8 Å². The standard InChI is InChI=1S/C22H14ClN3O3S2/c23-13-5-7-14(8-6-13)25-19(27)10-17(20(25)28)26-21(29)18(31-22(26)30)9-12-11-24-16-4-2-1-3-15(12)16/h1-9,11,17,29H,10H2/t17-/m0/s1. The molecule has 0 unspecified atom stereocenters. The van der Waals surface area contributed by atoms with Gasteiger partial charge in [-0.15, -0.1) is 11.3 Å². The minimum absolute atomic E-state index is 0.0830. The second-order valence-corrected chi connectivity index (χ2v) is 9.18. The van der Waals surface area contributed by atoms with Gasteiger partial charge in [-0.3, -0.25) is 19.1 Å². The molecule has 154 valence electrons. The third-order valence-corrected chi connectivity index (χ3v) is 6.80. The Morgan fingerprint density at radius 2 is 1.90 bits per heavy atom. The molecule has 1 saturated heterocycles. The summed E-state index contributed by atoms with van der Waals surface area (Å²) in [4.78, 5) is 31.7. The van der Waals surface area contributed by atoms with Crippen LogP contribution in [-0.4, -0.2) is 27.7 Å². The summed E-state index contributed by atoms with van der Waals surface area (Å²) in [6.07, 6.45) is 3.43. The number of nitrogens with zero attached hydrogens (tertiary/aromatic N) is 3. The number of carbonyl (C=O) groups excluding carboxylic acids is 2. The number of hydrogen-bond acceptors (Lipinski definition) is 6. The molecule has 31 heavy (non-hydrogen) atoms. The molecule has 1 fully saturated rings. The molecular weight excluding hydrogens is 454 g/mol. The van der Waals surface area contributed by atoms with Crippen LogP contribution in [0.2, 0.25) is 5.02 Å². The summed E-state index contributed by atoms with van der Waals surface area (Å²) in [7, 11) is 0. The van der Waals surface area contributed by atoms with Gasteiger partial charge in [-0.2, -0.15) is 0 Å². The van der Waals surface area contributed by atoms with Crippen molar-refractivity contribution in [1.29, 1.82) is 0 Å². The number of aromatic hydroxyl groups is 1. The van der Waals surface area contributed by atoms with Crippen LogP contribution in [0.25, 0.3) is 11.6 Å². The number of anilines is 1.